The number of nitrogens with two attached hydrogens (primary N) is 2. The lowest BCUT2D eigenvalue weighted by Gasteiger charge is -2.26. The molecular formula is C31H38N6O6S. The molecule has 0 aliphatic rings. The van der Waals surface area contributed by atoms with Crippen molar-refractivity contribution in [3.05, 3.63) is 89.7 Å². The fourth-order valence-electron chi connectivity index (χ4n) is 4.36. The number of primary amides is 1. The molecule has 0 saturated heterocycles. The molecule has 13 heteroatoms. The number of pyridine rings is 1. The molecule has 3 rings (SSSR count). The molecule has 0 radical (unpaired) electrons. The van der Waals surface area contributed by atoms with Crippen LogP contribution in [0, 0.1) is 0 Å². The van der Waals surface area contributed by atoms with Crippen LogP contribution in [0.5, 0.6) is 11.5 Å². The number of amides is 4. The molecule has 0 fully saturated rings. The molecule has 9 N–H and O–H groups in total. The summed E-state index contributed by atoms with van der Waals surface area (Å²) in [5.74, 6) is -1.96. The number of aromatic hydroxyl groups is 2. The minimum Gasteiger partial charge on any atom is -0.508 e. The molecule has 4 amide bonds. The van der Waals surface area contributed by atoms with Gasteiger partial charge in [-0.25, -0.2) is 0 Å². The lowest BCUT2D eigenvalue weighted by molar-refractivity contribution is -0.133. The molecule has 0 aliphatic carbocycles. The van der Waals surface area contributed by atoms with Crippen molar-refractivity contribution in [3.63, 3.8) is 0 Å². The second kappa shape index (κ2) is 16.9. The Morgan fingerprint density at radius 2 is 1.25 bits per heavy atom. The van der Waals surface area contributed by atoms with Crippen molar-refractivity contribution in [2.45, 2.75) is 49.9 Å². The second-order valence-corrected chi connectivity index (χ2v) is 11.3. The zero-order valence-electron chi connectivity index (χ0n) is 24.3. The molecular weight excluding hydrogens is 584 g/mol. The number of rotatable bonds is 16. The van der Waals surface area contributed by atoms with E-state index in [0.29, 0.717) is 23.3 Å². The van der Waals surface area contributed by atoms with E-state index in [-0.39, 0.29) is 30.8 Å². The minimum atomic E-state index is -1.16. The van der Waals surface area contributed by atoms with Crippen molar-refractivity contribution in [3.8, 4) is 11.5 Å². The molecule has 234 valence electrons. The normalized spacial score (nSPS) is 13.6. The van der Waals surface area contributed by atoms with E-state index in [1.54, 1.807) is 48.8 Å². The number of hydrogen-bond donors (Lipinski definition) is 7. The standard InChI is InChI=1S/C31H38N6O6S/c1-44-14-12-25(28(33)40)35-30(42)27(17-20-6-10-23(39)11-7-20)37-31(43)26(16-19-4-8-22(38)9-5-19)36-29(41)24(32)15-21-3-2-13-34-18-21/h2-11,13,18,24-27,38-39H,12,14-17,32H2,1H3,(H2,33,40)(H,35,42)(H,36,41)(H,37,43)/t24-,25-,26-,27-/m0/s1. The van der Waals surface area contributed by atoms with Gasteiger partial charge in [-0.1, -0.05) is 30.3 Å². The number of phenols is 2. The van der Waals surface area contributed by atoms with Crippen LogP contribution in [-0.2, 0) is 38.4 Å². The maximum atomic E-state index is 13.7. The largest absolute Gasteiger partial charge is 0.508 e. The van der Waals surface area contributed by atoms with Gasteiger partial charge in [0.2, 0.25) is 23.6 Å². The van der Waals surface area contributed by atoms with Gasteiger partial charge in [-0.05, 0) is 71.9 Å². The molecule has 0 bridgehead atoms. The number of benzene rings is 2. The van der Waals surface area contributed by atoms with Gasteiger partial charge in [-0.3, -0.25) is 24.2 Å². The molecule has 2 aromatic carbocycles. The Balaban J connectivity index is 1.84. The van der Waals surface area contributed by atoms with E-state index in [1.807, 2.05) is 6.26 Å². The maximum absolute atomic E-state index is 13.7. The summed E-state index contributed by atoms with van der Waals surface area (Å²) in [5, 5.41) is 27.4. The van der Waals surface area contributed by atoms with E-state index in [9.17, 15) is 29.4 Å². The molecule has 4 atom stereocenters. The number of nitrogens with zero attached hydrogens (tertiary/aromatic N) is 1. The summed E-state index contributed by atoms with van der Waals surface area (Å²) in [5.41, 5.74) is 13.7. The van der Waals surface area contributed by atoms with E-state index in [2.05, 4.69) is 20.9 Å². The third kappa shape index (κ3) is 10.9. The summed E-state index contributed by atoms with van der Waals surface area (Å²) in [4.78, 5) is 56.4. The minimum absolute atomic E-state index is 0.0201. The summed E-state index contributed by atoms with van der Waals surface area (Å²) < 4.78 is 0. The highest BCUT2D eigenvalue weighted by molar-refractivity contribution is 7.98. The van der Waals surface area contributed by atoms with E-state index in [1.165, 1.54) is 36.0 Å². The van der Waals surface area contributed by atoms with E-state index in [0.717, 1.165) is 5.56 Å². The van der Waals surface area contributed by atoms with Crippen LogP contribution in [-0.4, -0.2) is 75.0 Å². The third-order valence-corrected chi connectivity index (χ3v) is 7.45. The van der Waals surface area contributed by atoms with Gasteiger partial charge in [0.25, 0.3) is 0 Å². The van der Waals surface area contributed by atoms with Crippen LogP contribution in [0.3, 0.4) is 0 Å². The highest BCUT2D eigenvalue weighted by Gasteiger charge is 2.30. The number of hydrogen-bond acceptors (Lipinski definition) is 9. The maximum Gasteiger partial charge on any atom is 0.243 e. The molecule has 44 heavy (non-hydrogen) atoms. The van der Waals surface area contributed by atoms with Crippen LogP contribution < -0.4 is 27.4 Å². The number of aromatic nitrogens is 1. The predicted molar refractivity (Wildman–Crippen MR) is 168 cm³/mol. The number of phenolic OH excluding ortho intramolecular Hbond substituents is 2. The summed E-state index contributed by atoms with van der Waals surface area (Å²) in [7, 11) is 0. The van der Waals surface area contributed by atoms with Crippen LogP contribution >= 0.6 is 11.8 Å². The number of thioether (sulfide) groups is 1. The summed E-state index contributed by atoms with van der Waals surface area (Å²) in [6.07, 6.45) is 5.60. The topological polar surface area (TPSA) is 210 Å². The van der Waals surface area contributed by atoms with Gasteiger partial charge in [0, 0.05) is 25.2 Å². The summed E-state index contributed by atoms with van der Waals surface area (Å²) >= 11 is 1.49. The van der Waals surface area contributed by atoms with Crippen molar-refractivity contribution in [2.24, 2.45) is 11.5 Å². The van der Waals surface area contributed by atoms with Crippen molar-refractivity contribution in [1.29, 1.82) is 0 Å². The Morgan fingerprint density at radius 1 is 0.750 bits per heavy atom. The van der Waals surface area contributed by atoms with Crippen molar-refractivity contribution in [1.82, 2.24) is 20.9 Å². The average molecular weight is 623 g/mol. The molecule has 12 nitrogen and oxygen atoms in total. The van der Waals surface area contributed by atoms with Gasteiger partial charge in [-0.15, -0.1) is 0 Å². The summed E-state index contributed by atoms with van der Waals surface area (Å²) in [6.45, 7) is 0. The first kappa shape index (κ1) is 33.9. The molecule has 0 spiro atoms. The number of nitrogens with one attached hydrogen (secondary N) is 3. The molecule has 3 aromatic rings. The Bertz CT molecular complexity index is 1390. The monoisotopic (exact) mass is 622 g/mol. The van der Waals surface area contributed by atoms with Gasteiger partial charge in [0.05, 0.1) is 6.04 Å². The van der Waals surface area contributed by atoms with Gasteiger partial charge in [-0.2, -0.15) is 11.8 Å². The van der Waals surface area contributed by atoms with Crippen LogP contribution in [0.25, 0.3) is 0 Å². The molecule has 0 saturated carbocycles. The fourth-order valence-corrected chi connectivity index (χ4v) is 4.84. The van der Waals surface area contributed by atoms with Crippen LogP contribution in [0.2, 0.25) is 0 Å². The molecule has 1 aromatic heterocycles. The van der Waals surface area contributed by atoms with Gasteiger partial charge >= 0.3 is 0 Å². The van der Waals surface area contributed by atoms with Crippen LogP contribution in [0.15, 0.2) is 73.1 Å². The van der Waals surface area contributed by atoms with Crippen LogP contribution in [0.4, 0.5) is 0 Å². The van der Waals surface area contributed by atoms with Crippen molar-refractivity contribution < 1.29 is 29.4 Å². The van der Waals surface area contributed by atoms with Gasteiger partial charge in [0.1, 0.15) is 29.6 Å². The summed E-state index contributed by atoms with van der Waals surface area (Å²) in [6, 6.07) is 11.5. The molecule has 0 aliphatic heterocycles. The Kier molecular flexibility index (Phi) is 13.0. The number of carbonyl (C=O) groups is 4. The van der Waals surface area contributed by atoms with Crippen molar-refractivity contribution in [2.75, 3.05) is 12.0 Å². The lowest BCUT2D eigenvalue weighted by atomic mass is 10.0. The Labute approximate surface area is 260 Å². The predicted octanol–water partition coefficient (Wildman–Crippen LogP) is 0.541. The van der Waals surface area contributed by atoms with E-state index in [4.69, 9.17) is 11.5 Å². The average Bonchev–Trinajstić information content (AvgIpc) is 3.00. The first-order chi connectivity index (χ1) is 21.0. The first-order valence-electron chi connectivity index (χ1n) is 14.0. The quantitative estimate of drug-likeness (QED) is 0.119. The van der Waals surface area contributed by atoms with E-state index >= 15 is 0 Å². The van der Waals surface area contributed by atoms with Crippen LogP contribution in [0.1, 0.15) is 23.1 Å². The smallest absolute Gasteiger partial charge is 0.243 e. The first-order valence-corrected chi connectivity index (χ1v) is 15.3. The van der Waals surface area contributed by atoms with Gasteiger partial charge < -0.3 is 37.6 Å². The highest BCUT2D eigenvalue weighted by Crippen LogP contribution is 2.14. The zero-order chi connectivity index (χ0) is 32.1. The third-order valence-electron chi connectivity index (χ3n) is 6.80. The SMILES string of the molecule is CSCC[C@H](NC(=O)[C@H](Cc1ccc(O)cc1)NC(=O)[C@H](Cc1ccc(O)cc1)NC(=O)[C@@H](N)Cc1cccnc1)C(N)=O. The number of carbonyl (C=O) groups excluding carboxylic acids is 4. The Hall–Kier alpha value is -4.62. The highest BCUT2D eigenvalue weighted by atomic mass is 32.2. The molecule has 0 unspecified atom stereocenters. The van der Waals surface area contributed by atoms with E-state index < -0.39 is 47.8 Å². The molecule has 1 heterocycles. The van der Waals surface area contributed by atoms with Crippen molar-refractivity contribution >= 4 is 35.4 Å². The van der Waals surface area contributed by atoms with Gasteiger partial charge in [0.15, 0.2) is 0 Å². The fraction of sp³-hybridized carbons (Fsp3) is 0.323. The Morgan fingerprint density at radius 3 is 1.70 bits per heavy atom. The lowest BCUT2D eigenvalue weighted by Crippen LogP contribution is -2.58. The second-order valence-electron chi connectivity index (χ2n) is 10.3. The zero-order valence-corrected chi connectivity index (χ0v) is 25.1.